The number of rotatable bonds is 10. The van der Waals surface area contributed by atoms with Crippen LogP contribution in [0.5, 0.6) is 0 Å². The fraction of sp³-hybridized carbons (Fsp3) is 0.529. The number of nitrogens with two attached hydrogens (primary N) is 1. The van der Waals surface area contributed by atoms with Gasteiger partial charge in [0.15, 0.2) is 0 Å². The van der Waals surface area contributed by atoms with Crippen LogP contribution in [0.4, 0.5) is 0 Å². The summed E-state index contributed by atoms with van der Waals surface area (Å²) in [6.07, 6.45) is 2.76. The first-order chi connectivity index (χ1) is 11.9. The molecule has 0 aromatic heterocycles. The first-order valence-electron chi connectivity index (χ1n) is 8.55. The van der Waals surface area contributed by atoms with Gasteiger partial charge in [0, 0.05) is 19.1 Å². The molecular weight excluding hydrogens is 378 g/mol. The van der Waals surface area contributed by atoms with Gasteiger partial charge in [0.2, 0.25) is 10.0 Å². The molecule has 1 atom stereocenters. The Bertz CT molecular complexity index is 704. The molecule has 0 saturated carbocycles. The molecule has 1 aromatic carbocycles. The van der Waals surface area contributed by atoms with Gasteiger partial charge in [0.25, 0.3) is 11.8 Å². The number of fused-ring (bicyclic) bond motifs is 1. The van der Waals surface area contributed by atoms with E-state index >= 15 is 0 Å². The highest BCUT2D eigenvalue weighted by molar-refractivity contribution is 7.89. The van der Waals surface area contributed by atoms with E-state index in [9.17, 15) is 18.0 Å². The maximum atomic E-state index is 12.2. The van der Waals surface area contributed by atoms with Crippen LogP contribution in [0.2, 0.25) is 0 Å². The molecule has 1 unspecified atom stereocenters. The lowest BCUT2D eigenvalue weighted by atomic mass is 10.1. The van der Waals surface area contributed by atoms with Crippen LogP contribution in [0.3, 0.4) is 0 Å². The van der Waals surface area contributed by atoms with E-state index < -0.39 is 10.0 Å². The third kappa shape index (κ3) is 5.51. The van der Waals surface area contributed by atoms with Crippen LogP contribution in [-0.4, -0.2) is 50.0 Å². The normalized spacial score (nSPS) is 14.9. The predicted molar refractivity (Wildman–Crippen MR) is 103 cm³/mol. The van der Waals surface area contributed by atoms with Gasteiger partial charge in [-0.1, -0.05) is 31.9 Å². The lowest BCUT2D eigenvalue weighted by Crippen LogP contribution is -2.42. The number of nitrogens with zero attached hydrogens (tertiary/aromatic N) is 1. The molecule has 0 fully saturated rings. The number of halogens is 1. The van der Waals surface area contributed by atoms with Gasteiger partial charge in [-0.15, -0.1) is 12.4 Å². The van der Waals surface area contributed by atoms with Crippen molar-refractivity contribution in [1.82, 2.24) is 9.62 Å². The molecule has 0 spiro atoms. The number of sulfonamides is 1. The Balaban J connectivity index is 0.00000338. The Morgan fingerprint density at radius 1 is 1.12 bits per heavy atom. The highest BCUT2D eigenvalue weighted by atomic mass is 35.5. The second-order valence-electron chi connectivity index (χ2n) is 6.17. The topological polar surface area (TPSA) is 110 Å². The third-order valence-corrected chi connectivity index (χ3v) is 5.73. The summed E-state index contributed by atoms with van der Waals surface area (Å²) < 4.78 is 26.9. The second kappa shape index (κ2) is 10.0. The largest absolute Gasteiger partial charge is 0.329 e. The summed E-state index contributed by atoms with van der Waals surface area (Å²) in [5.74, 6) is -0.884. The van der Waals surface area contributed by atoms with Crippen molar-refractivity contribution in [2.75, 3.05) is 18.8 Å². The SMILES string of the molecule is CCCCC(CN)NS(=O)(=O)CCCN1C(=O)c2ccccc2C1=O.Cl. The molecule has 1 aromatic rings. The predicted octanol–water partition coefficient (Wildman–Crippen LogP) is 1.53. The highest BCUT2D eigenvalue weighted by Gasteiger charge is 2.34. The van der Waals surface area contributed by atoms with Gasteiger partial charge in [-0.2, -0.15) is 0 Å². The summed E-state index contributed by atoms with van der Waals surface area (Å²) in [4.78, 5) is 25.6. The van der Waals surface area contributed by atoms with Crippen LogP contribution in [0.25, 0.3) is 0 Å². The number of nitrogens with one attached hydrogen (secondary N) is 1. The first kappa shape index (κ1) is 22.6. The number of unbranched alkanes of at least 4 members (excludes halogenated alkanes) is 1. The Labute approximate surface area is 160 Å². The zero-order chi connectivity index (χ0) is 18.4. The van der Waals surface area contributed by atoms with Crippen molar-refractivity contribution in [1.29, 1.82) is 0 Å². The van der Waals surface area contributed by atoms with Crippen LogP contribution in [0.1, 0.15) is 53.3 Å². The summed E-state index contributed by atoms with van der Waals surface area (Å²) in [5, 5.41) is 0. The summed E-state index contributed by atoms with van der Waals surface area (Å²) in [7, 11) is -3.50. The fourth-order valence-electron chi connectivity index (χ4n) is 2.84. The van der Waals surface area contributed by atoms with E-state index in [0.29, 0.717) is 17.5 Å². The van der Waals surface area contributed by atoms with Gasteiger partial charge < -0.3 is 5.73 Å². The number of amides is 2. The highest BCUT2D eigenvalue weighted by Crippen LogP contribution is 2.22. The quantitative estimate of drug-likeness (QED) is 0.576. The summed E-state index contributed by atoms with van der Waals surface area (Å²) >= 11 is 0. The molecule has 2 amide bonds. The monoisotopic (exact) mass is 403 g/mol. The zero-order valence-corrected chi connectivity index (χ0v) is 16.4. The van der Waals surface area contributed by atoms with Crippen LogP contribution in [0, 0.1) is 0 Å². The Morgan fingerprint density at radius 3 is 2.19 bits per heavy atom. The van der Waals surface area contributed by atoms with E-state index in [0.717, 1.165) is 17.7 Å². The van der Waals surface area contributed by atoms with Gasteiger partial charge in [0.1, 0.15) is 0 Å². The molecule has 0 radical (unpaired) electrons. The minimum absolute atomic E-state index is 0. The third-order valence-electron chi connectivity index (χ3n) is 4.21. The van der Waals surface area contributed by atoms with E-state index in [4.69, 9.17) is 5.73 Å². The average molecular weight is 404 g/mol. The first-order valence-corrected chi connectivity index (χ1v) is 10.2. The van der Waals surface area contributed by atoms with Crippen LogP contribution in [0.15, 0.2) is 24.3 Å². The maximum Gasteiger partial charge on any atom is 0.261 e. The van der Waals surface area contributed by atoms with Gasteiger partial charge in [-0.3, -0.25) is 14.5 Å². The van der Waals surface area contributed by atoms with Crippen molar-refractivity contribution >= 4 is 34.2 Å². The summed E-state index contributed by atoms with van der Waals surface area (Å²) in [6.45, 7) is 2.36. The second-order valence-corrected chi connectivity index (χ2v) is 8.05. The smallest absolute Gasteiger partial charge is 0.261 e. The van der Waals surface area contributed by atoms with E-state index in [1.807, 2.05) is 6.92 Å². The molecule has 3 N–H and O–H groups in total. The van der Waals surface area contributed by atoms with Crippen molar-refractivity contribution in [3.8, 4) is 0 Å². The molecule has 2 rings (SSSR count). The average Bonchev–Trinajstić information content (AvgIpc) is 2.83. The number of imide groups is 1. The number of benzene rings is 1. The van der Waals surface area contributed by atoms with E-state index in [1.54, 1.807) is 24.3 Å². The molecule has 26 heavy (non-hydrogen) atoms. The molecule has 1 heterocycles. The maximum absolute atomic E-state index is 12.2. The summed E-state index contributed by atoms with van der Waals surface area (Å²) in [6, 6.07) is 6.33. The van der Waals surface area contributed by atoms with Crippen molar-refractivity contribution < 1.29 is 18.0 Å². The number of carbonyl (C=O) groups excluding carboxylic acids is 2. The standard InChI is InChI=1S/C17H25N3O4S.ClH/c1-2-3-7-13(12-18)19-25(23,24)11-6-10-20-16(21)14-8-4-5-9-15(14)17(20)22;/h4-5,8-9,13,19H,2-3,6-7,10-12,18H2,1H3;1H. The minimum Gasteiger partial charge on any atom is -0.329 e. The van der Waals surface area contributed by atoms with E-state index in [2.05, 4.69) is 4.72 Å². The molecule has 9 heteroatoms. The van der Waals surface area contributed by atoms with Gasteiger partial charge in [-0.05, 0) is 25.0 Å². The minimum atomic E-state index is -3.50. The number of hydrogen-bond donors (Lipinski definition) is 2. The van der Waals surface area contributed by atoms with Crippen LogP contribution >= 0.6 is 12.4 Å². The van der Waals surface area contributed by atoms with Crippen LogP contribution < -0.4 is 10.5 Å². The van der Waals surface area contributed by atoms with Crippen molar-refractivity contribution in [2.24, 2.45) is 5.73 Å². The van der Waals surface area contributed by atoms with Crippen molar-refractivity contribution in [3.63, 3.8) is 0 Å². The number of hydrogen-bond acceptors (Lipinski definition) is 5. The zero-order valence-electron chi connectivity index (χ0n) is 14.8. The Morgan fingerprint density at radius 2 is 1.69 bits per heavy atom. The lowest BCUT2D eigenvalue weighted by molar-refractivity contribution is 0.0654. The van der Waals surface area contributed by atoms with E-state index in [-0.39, 0.29) is 55.5 Å². The van der Waals surface area contributed by atoms with Gasteiger partial charge in [-0.25, -0.2) is 13.1 Å². The molecule has 0 aliphatic carbocycles. The molecule has 7 nitrogen and oxygen atoms in total. The Hall–Kier alpha value is -1.48. The van der Waals surface area contributed by atoms with Crippen molar-refractivity contribution in [2.45, 2.75) is 38.6 Å². The molecule has 0 bridgehead atoms. The lowest BCUT2D eigenvalue weighted by Gasteiger charge is -2.17. The summed E-state index contributed by atoms with van der Waals surface area (Å²) in [5.41, 5.74) is 6.35. The molecule has 146 valence electrons. The van der Waals surface area contributed by atoms with Crippen molar-refractivity contribution in [3.05, 3.63) is 35.4 Å². The fourth-order valence-corrected chi connectivity index (χ4v) is 4.19. The molecule has 1 aliphatic heterocycles. The van der Waals surface area contributed by atoms with E-state index in [1.165, 1.54) is 0 Å². The van der Waals surface area contributed by atoms with Gasteiger partial charge in [0.05, 0.1) is 16.9 Å². The molecule has 0 saturated heterocycles. The molecule has 1 aliphatic rings. The Kier molecular flexibility index (Phi) is 8.69. The van der Waals surface area contributed by atoms with Crippen LogP contribution in [-0.2, 0) is 10.0 Å². The molecular formula is C17H26ClN3O4S. The number of carbonyl (C=O) groups is 2. The van der Waals surface area contributed by atoms with Gasteiger partial charge >= 0.3 is 0 Å².